The number of benzene rings is 1. The summed E-state index contributed by atoms with van der Waals surface area (Å²) in [6.45, 7) is 4.88. The number of hydrogen-bond donors (Lipinski definition) is 1. The normalized spacial score (nSPS) is 30.9. The Balaban J connectivity index is 1.77. The largest absolute Gasteiger partial charge is 0.327 e. The summed E-state index contributed by atoms with van der Waals surface area (Å²) < 4.78 is 0. The van der Waals surface area contributed by atoms with E-state index in [0.29, 0.717) is 23.8 Å². The molecule has 120 valence electrons. The minimum absolute atomic E-state index is 0.163. The Labute approximate surface area is 133 Å². The number of aryl methyl sites for hydroxylation is 1. The van der Waals surface area contributed by atoms with Gasteiger partial charge >= 0.3 is 0 Å². The van der Waals surface area contributed by atoms with Gasteiger partial charge < -0.3 is 10.6 Å². The average molecular weight is 300 g/mol. The lowest BCUT2D eigenvalue weighted by molar-refractivity contribution is -0.125. The van der Waals surface area contributed by atoms with Crippen LogP contribution in [0.1, 0.15) is 44.6 Å². The van der Waals surface area contributed by atoms with Crippen LogP contribution >= 0.6 is 0 Å². The topological polar surface area (TPSA) is 46.3 Å². The second kappa shape index (κ2) is 6.41. The molecule has 3 nitrogen and oxygen atoms in total. The molecule has 2 fully saturated rings. The maximum Gasteiger partial charge on any atom is 0.230 e. The fourth-order valence-electron chi connectivity index (χ4n) is 4.47. The SMILES string of the molecule is CCN(C(=O)C1CC2CCCC(C1)C2N)c1cccc(C)c1. The van der Waals surface area contributed by atoms with E-state index >= 15 is 0 Å². The summed E-state index contributed by atoms with van der Waals surface area (Å²) >= 11 is 0. The number of rotatable bonds is 3. The molecule has 1 aromatic carbocycles. The summed E-state index contributed by atoms with van der Waals surface area (Å²) in [5.74, 6) is 1.57. The molecule has 2 bridgehead atoms. The van der Waals surface area contributed by atoms with Crippen molar-refractivity contribution in [2.24, 2.45) is 23.5 Å². The van der Waals surface area contributed by atoms with Gasteiger partial charge in [-0.3, -0.25) is 4.79 Å². The molecule has 2 aliphatic carbocycles. The standard InChI is InChI=1S/C19H28N2O/c1-3-21(17-9-4-6-13(2)10-17)19(22)16-11-14-7-5-8-15(12-16)18(14)20/h4,6,9-10,14-16,18H,3,5,7-8,11-12,20H2,1-2H3. The van der Waals surface area contributed by atoms with Gasteiger partial charge in [0, 0.05) is 24.2 Å². The summed E-state index contributed by atoms with van der Waals surface area (Å²) in [7, 11) is 0. The van der Waals surface area contributed by atoms with E-state index in [1.54, 1.807) is 0 Å². The molecule has 0 saturated heterocycles. The molecule has 0 spiro atoms. The zero-order valence-corrected chi connectivity index (χ0v) is 13.8. The lowest BCUT2D eigenvalue weighted by atomic mass is 9.65. The Hall–Kier alpha value is -1.35. The van der Waals surface area contributed by atoms with Crippen LogP contribution in [0.5, 0.6) is 0 Å². The van der Waals surface area contributed by atoms with Crippen LogP contribution in [0.15, 0.2) is 24.3 Å². The van der Waals surface area contributed by atoms with Gasteiger partial charge in [-0.2, -0.15) is 0 Å². The Morgan fingerprint density at radius 3 is 2.55 bits per heavy atom. The summed E-state index contributed by atoms with van der Waals surface area (Å²) in [5, 5.41) is 0. The number of carbonyl (C=O) groups is 1. The molecule has 2 atom stereocenters. The molecule has 2 N–H and O–H groups in total. The van der Waals surface area contributed by atoms with E-state index in [-0.39, 0.29) is 5.92 Å². The van der Waals surface area contributed by atoms with Gasteiger partial charge in [-0.15, -0.1) is 0 Å². The van der Waals surface area contributed by atoms with Crippen molar-refractivity contribution >= 4 is 11.6 Å². The van der Waals surface area contributed by atoms with Crippen LogP contribution in [0.4, 0.5) is 5.69 Å². The van der Waals surface area contributed by atoms with Crippen molar-refractivity contribution in [3.8, 4) is 0 Å². The maximum atomic E-state index is 13.1. The van der Waals surface area contributed by atoms with E-state index in [9.17, 15) is 4.79 Å². The van der Waals surface area contributed by atoms with Crippen LogP contribution in [0.25, 0.3) is 0 Å². The van der Waals surface area contributed by atoms with Gasteiger partial charge in [-0.25, -0.2) is 0 Å². The average Bonchev–Trinajstić information content (AvgIpc) is 2.47. The molecule has 0 heterocycles. The van der Waals surface area contributed by atoms with Crippen LogP contribution in [-0.4, -0.2) is 18.5 Å². The zero-order valence-electron chi connectivity index (χ0n) is 13.8. The third kappa shape index (κ3) is 2.91. The molecular formula is C19H28N2O. The van der Waals surface area contributed by atoms with E-state index in [1.807, 2.05) is 17.0 Å². The van der Waals surface area contributed by atoms with Crippen molar-refractivity contribution in [2.45, 2.75) is 52.0 Å². The van der Waals surface area contributed by atoms with Crippen molar-refractivity contribution < 1.29 is 4.79 Å². The number of fused-ring (bicyclic) bond motifs is 2. The number of anilines is 1. The minimum atomic E-state index is 0.163. The van der Waals surface area contributed by atoms with Crippen LogP contribution < -0.4 is 10.6 Å². The predicted molar refractivity (Wildman–Crippen MR) is 90.7 cm³/mol. The first-order valence-corrected chi connectivity index (χ1v) is 8.73. The van der Waals surface area contributed by atoms with Crippen molar-refractivity contribution in [1.29, 1.82) is 0 Å². The number of carbonyl (C=O) groups excluding carboxylic acids is 1. The van der Waals surface area contributed by atoms with Gasteiger partial charge in [-0.1, -0.05) is 18.6 Å². The molecule has 1 aromatic rings. The smallest absolute Gasteiger partial charge is 0.230 e. The molecule has 2 aliphatic rings. The van der Waals surface area contributed by atoms with Gasteiger partial charge in [0.2, 0.25) is 5.91 Å². The number of nitrogens with zero attached hydrogens (tertiary/aromatic N) is 1. The highest BCUT2D eigenvalue weighted by Gasteiger charge is 2.41. The summed E-state index contributed by atoms with van der Waals surface area (Å²) in [4.78, 5) is 15.0. The van der Waals surface area contributed by atoms with Crippen molar-refractivity contribution in [3.63, 3.8) is 0 Å². The highest BCUT2D eigenvalue weighted by atomic mass is 16.2. The highest BCUT2D eigenvalue weighted by molar-refractivity contribution is 5.95. The monoisotopic (exact) mass is 300 g/mol. The Bertz CT molecular complexity index is 528. The van der Waals surface area contributed by atoms with Gasteiger partial charge in [0.15, 0.2) is 0 Å². The van der Waals surface area contributed by atoms with Crippen LogP contribution in [0, 0.1) is 24.7 Å². The highest BCUT2D eigenvalue weighted by Crippen LogP contribution is 2.42. The first-order valence-electron chi connectivity index (χ1n) is 8.73. The summed E-state index contributed by atoms with van der Waals surface area (Å²) in [5.41, 5.74) is 8.60. The second-order valence-electron chi connectivity index (χ2n) is 7.12. The third-order valence-electron chi connectivity index (χ3n) is 5.66. The quantitative estimate of drug-likeness (QED) is 0.928. The first kappa shape index (κ1) is 15.5. The molecule has 22 heavy (non-hydrogen) atoms. The van der Waals surface area contributed by atoms with Crippen LogP contribution in [0.3, 0.4) is 0 Å². The van der Waals surface area contributed by atoms with E-state index in [4.69, 9.17) is 5.73 Å². The van der Waals surface area contributed by atoms with Crippen molar-refractivity contribution in [1.82, 2.24) is 0 Å². The molecule has 3 heteroatoms. The van der Waals surface area contributed by atoms with Gasteiger partial charge in [0.05, 0.1) is 0 Å². The predicted octanol–water partition coefficient (Wildman–Crippen LogP) is 3.50. The fraction of sp³-hybridized carbons (Fsp3) is 0.632. The van der Waals surface area contributed by atoms with Gasteiger partial charge in [0.25, 0.3) is 0 Å². The first-order chi connectivity index (χ1) is 10.6. The Morgan fingerprint density at radius 1 is 1.27 bits per heavy atom. The molecular weight excluding hydrogens is 272 g/mol. The number of amides is 1. The molecule has 0 aromatic heterocycles. The van der Waals surface area contributed by atoms with E-state index in [0.717, 1.165) is 25.1 Å². The Kier molecular flexibility index (Phi) is 4.53. The van der Waals surface area contributed by atoms with E-state index in [1.165, 1.54) is 24.8 Å². The number of nitrogens with two attached hydrogens (primary N) is 1. The van der Waals surface area contributed by atoms with E-state index in [2.05, 4.69) is 26.0 Å². The molecule has 1 amide bonds. The minimum Gasteiger partial charge on any atom is -0.327 e. The van der Waals surface area contributed by atoms with Gasteiger partial charge in [-0.05, 0) is 69.1 Å². The summed E-state index contributed by atoms with van der Waals surface area (Å²) in [6.07, 6.45) is 5.67. The van der Waals surface area contributed by atoms with Crippen molar-refractivity contribution in [2.75, 3.05) is 11.4 Å². The maximum absolute atomic E-state index is 13.1. The summed E-state index contributed by atoms with van der Waals surface area (Å²) in [6, 6.07) is 8.59. The third-order valence-corrected chi connectivity index (χ3v) is 5.66. The van der Waals surface area contributed by atoms with Crippen LogP contribution in [-0.2, 0) is 4.79 Å². The van der Waals surface area contributed by atoms with Gasteiger partial charge in [0.1, 0.15) is 0 Å². The Morgan fingerprint density at radius 2 is 1.95 bits per heavy atom. The molecule has 0 aliphatic heterocycles. The number of hydrogen-bond acceptors (Lipinski definition) is 2. The molecule has 3 rings (SSSR count). The lowest BCUT2D eigenvalue weighted by Gasteiger charge is -2.44. The fourth-order valence-corrected chi connectivity index (χ4v) is 4.47. The van der Waals surface area contributed by atoms with Crippen molar-refractivity contribution in [3.05, 3.63) is 29.8 Å². The molecule has 0 radical (unpaired) electrons. The molecule has 2 unspecified atom stereocenters. The van der Waals surface area contributed by atoms with E-state index < -0.39 is 0 Å². The zero-order chi connectivity index (χ0) is 15.7. The second-order valence-corrected chi connectivity index (χ2v) is 7.12. The molecule has 2 saturated carbocycles. The lowest BCUT2D eigenvalue weighted by Crippen LogP contribution is -2.49. The van der Waals surface area contributed by atoms with Crippen LogP contribution in [0.2, 0.25) is 0 Å².